The van der Waals surface area contributed by atoms with Crippen molar-refractivity contribution >= 4 is 11.3 Å². The van der Waals surface area contributed by atoms with Gasteiger partial charge in [0.05, 0.1) is 11.3 Å². The van der Waals surface area contributed by atoms with Gasteiger partial charge in [-0.3, -0.25) is 0 Å². The number of nitrogens with zero attached hydrogens (tertiary/aromatic N) is 6. The molecule has 0 aliphatic rings. The second-order valence-corrected chi connectivity index (χ2v) is 3.84. The van der Waals surface area contributed by atoms with Crippen LogP contribution in [0.3, 0.4) is 0 Å². The number of para-hydroxylation sites is 1. The molecule has 3 rings (SSSR count). The molecular weight excluding hydrogens is 272 g/mol. The zero-order chi connectivity index (χ0) is 14.5. The summed E-state index contributed by atoms with van der Waals surface area (Å²) < 4.78 is 5.18. The third-order valence-corrected chi connectivity index (χ3v) is 2.60. The Kier molecular flexibility index (Phi) is 3.34. The van der Waals surface area contributed by atoms with Gasteiger partial charge in [0.2, 0.25) is 18.1 Å². The molecule has 0 aliphatic heterocycles. The first-order valence-corrected chi connectivity index (χ1v) is 5.84. The van der Waals surface area contributed by atoms with Gasteiger partial charge >= 0.3 is 0 Å². The lowest BCUT2D eigenvalue weighted by Gasteiger charge is -2.05. The molecule has 0 spiro atoms. The van der Waals surface area contributed by atoms with Crippen LogP contribution < -0.4 is 5.32 Å². The molecule has 102 valence electrons. The van der Waals surface area contributed by atoms with Crippen molar-refractivity contribution in [1.82, 2.24) is 30.8 Å². The number of H-pyrrole nitrogens is 1. The minimum absolute atomic E-state index is 0.209. The Morgan fingerprint density at radius 1 is 1.33 bits per heavy atom. The number of benzene rings is 1. The zero-order valence-corrected chi connectivity index (χ0v) is 10.6. The largest absolute Gasteiger partial charge is 0.423 e. The van der Waals surface area contributed by atoms with Crippen molar-refractivity contribution in [2.75, 3.05) is 5.32 Å². The van der Waals surface area contributed by atoms with Crippen molar-refractivity contribution in [3.8, 4) is 17.5 Å². The molecule has 21 heavy (non-hydrogen) atoms. The molecule has 0 unspecified atom stereocenters. The molecule has 1 aromatic carbocycles. The Hall–Kier alpha value is -3.54. The second kappa shape index (κ2) is 5.62. The van der Waals surface area contributed by atoms with E-state index in [1.807, 2.05) is 30.3 Å². The SMILES string of the molecule is N#CC(=CNc1ccccc1-c1nnco1)c1nn[nH]n1. The van der Waals surface area contributed by atoms with Gasteiger partial charge in [-0.15, -0.1) is 20.4 Å². The first-order chi connectivity index (χ1) is 10.4. The first kappa shape index (κ1) is 12.5. The smallest absolute Gasteiger partial charge is 0.249 e. The van der Waals surface area contributed by atoms with Crippen LogP contribution in [0.25, 0.3) is 17.0 Å². The lowest BCUT2D eigenvalue weighted by molar-refractivity contribution is 0.569. The molecule has 3 aromatic rings. The number of aromatic amines is 1. The van der Waals surface area contributed by atoms with Crippen molar-refractivity contribution < 1.29 is 4.42 Å². The van der Waals surface area contributed by atoms with Gasteiger partial charge in [-0.2, -0.15) is 10.5 Å². The lowest BCUT2D eigenvalue weighted by Crippen LogP contribution is -1.95. The zero-order valence-electron chi connectivity index (χ0n) is 10.6. The first-order valence-electron chi connectivity index (χ1n) is 5.84. The van der Waals surface area contributed by atoms with Gasteiger partial charge in [0.15, 0.2) is 0 Å². The maximum atomic E-state index is 9.11. The van der Waals surface area contributed by atoms with Crippen LogP contribution in [0.4, 0.5) is 5.69 Å². The van der Waals surface area contributed by atoms with E-state index in [0.29, 0.717) is 11.6 Å². The number of hydrogen-bond donors (Lipinski definition) is 2. The average molecular weight is 280 g/mol. The predicted molar refractivity (Wildman–Crippen MR) is 71.1 cm³/mol. The van der Waals surface area contributed by atoms with E-state index in [-0.39, 0.29) is 11.4 Å². The van der Waals surface area contributed by atoms with E-state index in [1.165, 1.54) is 12.6 Å². The van der Waals surface area contributed by atoms with Crippen LogP contribution in [-0.4, -0.2) is 30.8 Å². The number of hydrogen-bond acceptors (Lipinski definition) is 8. The Morgan fingerprint density at radius 2 is 2.24 bits per heavy atom. The van der Waals surface area contributed by atoms with Crippen LogP contribution in [0.1, 0.15) is 5.82 Å². The van der Waals surface area contributed by atoms with Crippen LogP contribution >= 0.6 is 0 Å². The second-order valence-electron chi connectivity index (χ2n) is 3.84. The van der Waals surface area contributed by atoms with Gasteiger partial charge in [-0.05, 0) is 17.3 Å². The fourth-order valence-corrected chi connectivity index (χ4v) is 1.66. The number of allylic oxidation sites excluding steroid dienone is 1. The van der Waals surface area contributed by atoms with Crippen molar-refractivity contribution in [2.45, 2.75) is 0 Å². The van der Waals surface area contributed by atoms with Gasteiger partial charge in [-0.1, -0.05) is 12.1 Å². The summed E-state index contributed by atoms with van der Waals surface area (Å²) in [6.07, 6.45) is 2.74. The summed E-state index contributed by atoms with van der Waals surface area (Å²) in [5.74, 6) is 0.588. The van der Waals surface area contributed by atoms with E-state index in [4.69, 9.17) is 9.68 Å². The Morgan fingerprint density at radius 3 is 2.95 bits per heavy atom. The highest BCUT2D eigenvalue weighted by Gasteiger charge is 2.10. The van der Waals surface area contributed by atoms with Crippen LogP contribution in [0, 0.1) is 11.3 Å². The Labute approximate surface area is 118 Å². The molecule has 9 heteroatoms. The summed E-state index contributed by atoms with van der Waals surface area (Å²) in [4.78, 5) is 0. The molecule has 0 atom stereocenters. The molecule has 0 saturated carbocycles. The predicted octanol–water partition coefficient (Wildman–Crippen LogP) is 1.23. The van der Waals surface area contributed by atoms with E-state index in [2.05, 4.69) is 36.1 Å². The number of anilines is 1. The summed E-state index contributed by atoms with van der Waals surface area (Å²) in [6, 6.07) is 9.33. The lowest BCUT2D eigenvalue weighted by atomic mass is 10.1. The fourth-order valence-electron chi connectivity index (χ4n) is 1.66. The van der Waals surface area contributed by atoms with Gasteiger partial charge in [0.25, 0.3) is 0 Å². The number of tetrazole rings is 1. The highest BCUT2D eigenvalue weighted by molar-refractivity contribution is 5.78. The summed E-state index contributed by atoms with van der Waals surface area (Å²) in [5, 5.41) is 32.8. The molecule has 0 amide bonds. The van der Waals surface area contributed by atoms with E-state index in [9.17, 15) is 0 Å². The quantitative estimate of drug-likeness (QED) is 0.682. The van der Waals surface area contributed by atoms with Gasteiger partial charge < -0.3 is 9.73 Å². The van der Waals surface area contributed by atoms with Gasteiger partial charge in [-0.25, -0.2) is 0 Å². The standard InChI is InChI=1S/C12H8N8O/c13-5-8(11-16-19-20-17-11)6-14-10-4-2-1-3-9(10)12-18-15-7-21-12/h1-4,6-7,14H,(H,16,17,19,20). The maximum Gasteiger partial charge on any atom is 0.249 e. The highest BCUT2D eigenvalue weighted by atomic mass is 16.4. The molecule has 0 saturated heterocycles. The summed E-state index contributed by atoms with van der Waals surface area (Å²) in [5.41, 5.74) is 1.67. The Balaban J connectivity index is 1.91. The third-order valence-electron chi connectivity index (χ3n) is 2.60. The molecule has 0 aliphatic carbocycles. The van der Waals surface area contributed by atoms with Gasteiger partial charge in [0, 0.05) is 6.20 Å². The number of rotatable bonds is 4. The topological polar surface area (TPSA) is 129 Å². The normalized spacial score (nSPS) is 11.1. The maximum absolute atomic E-state index is 9.11. The molecule has 0 fully saturated rings. The van der Waals surface area contributed by atoms with Crippen LogP contribution in [0.5, 0.6) is 0 Å². The van der Waals surface area contributed by atoms with Crippen molar-refractivity contribution in [1.29, 1.82) is 5.26 Å². The van der Waals surface area contributed by atoms with Crippen molar-refractivity contribution in [3.05, 3.63) is 42.7 Å². The van der Waals surface area contributed by atoms with E-state index < -0.39 is 0 Å². The minimum atomic E-state index is 0.209. The number of aromatic nitrogens is 6. The minimum Gasteiger partial charge on any atom is -0.423 e. The van der Waals surface area contributed by atoms with Crippen LogP contribution in [0.15, 0.2) is 41.3 Å². The average Bonchev–Trinajstić information content (AvgIpc) is 3.22. The number of nitrogens with one attached hydrogen (secondary N) is 2. The summed E-state index contributed by atoms with van der Waals surface area (Å²) in [6.45, 7) is 0. The van der Waals surface area contributed by atoms with Crippen molar-refractivity contribution in [3.63, 3.8) is 0 Å². The van der Waals surface area contributed by atoms with Crippen LogP contribution in [-0.2, 0) is 0 Å². The van der Waals surface area contributed by atoms with E-state index in [1.54, 1.807) is 0 Å². The third kappa shape index (κ3) is 2.59. The van der Waals surface area contributed by atoms with E-state index >= 15 is 0 Å². The highest BCUT2D eigenvalue weighted by Crippen LogP contribution is 2.26. The summed E-state index contributed by atoms with van der Waals surface area (Å²) >= 11 is 0. The van der Waals surface area contributed by atoms with E-state index in [0.717, 1.165) is 5.56 Å². The fraction of sp³-hybridized carbons (Fsp3) is 0. The molecule has 2 aromatic heterocycles. The van der Waals surface area contributed by atoms with Crippen LogP contribution in [0.2, 0.25) is 0 Å². The molecule has 0 bridgehead atoms. The Bertz CT molecular complexity index is 785. The molecule has 9 nitrogen and oxygen atoms in total. The molecule has 2 heterocycles. The monoisotopic (exact) mass is 280 g/mol. The number of nitriles is 1. The molecular formula is C12H8N8O. The van der Waals surface area contributed by atoms with Gasteiger partial charge in [0.1, 0.15) is 11.6 Å². The summed E-state index contributed by atoms with van der Waals surface area (Å²) in [7, 11) is 0. The molecule has 2 N–H and O–H groups in total. The molecule has 0 radical (unpaired) electrons. The van der Waals surface area contributed by atoms with Crippen molar-refractivity contribution in [2.24, 2.45) is 0 Å².